The van der Waals surface area contributed by atoms with E-state index in [1.807, 2.05) is 6.92 Å². The molecule has 4 N–H and O–H groups in total. The number of carbonyl (C=O) groups excluding carboxylic acids is 1. The first-order valence-electron chi connectivity index (χ1n) is 8.52. The van der Waals surface area contributed by atoms with Gasteiger partial charge < -0.3 is 21.6 Å². The Morgan fingerprint density at radius 2 is 1.65 bits per heavy atom. The van der Waals surface area contributed by atoms with Crippen LogP contribution in [0.3, 0.4) is 0 Å². The highest BCUT2D eigenvalue weighted by Crippen LogP contribution is 2.20. The van der Waals surface area contributed by atoms with Gasteiger partial charge in [0.25, 0.3) is 0 Å². The molecule has 7 heteroatoms. The van der Waals surface area contributed by atoms with Crippen LogP contribution in [0.1, 0.15) is 65.2 Å². The summed E-state index contributed by atoms with van der Waals surface area (Å²) in [6.45, 7) is 6.42. The second kappa shape index (κ2) is 21.6. The van der Waals surface area contributed by atoms with Crippen LogP contribution in [-0.2, 0) is 4.79 Å². The van der Waals surface area contributed by atoms with Crippen molar-refractivity contribution in [2.24, 2.45) is 5.73 Å². The number of hydrogen-bond donors (Lipinski definition) is 3. The fraction of sp³-hybridized carbons (Fsp3) is 0.875. The molecule has 5 nitrogen and oxygen atoms in total. The number of hydrogen-bond acceptors (Lipinski definition) is 6. The zero-order chi connectivity index (χ0) is 17.8. The number of primary amides is 1. The molecule has 0 saturated carbocycles. The van der Waals surface area contributed by atoms with Crippen LogP contribution in [0.25, 0.3) is 0 Å². The van der Waals surface area contributed by atoms with Gasteiger partial charge in [-0.25, -0.2) is 0 Å². The summed E-state index contributed by atoms with van der Waals surface area (Å²) >= 11 is 0. The van der Waals surface area contributed by atoms with Gasteiger partial charge in [0.15, 0.2) is 0 Å². The van der Waals surface area contributed by atoms with Gasteiger partial charge in [0.2, 0.25) is 5.91 Å². The molecule has 0 aromatic rings. The molecule has 138 valence electrons. The van der Waals surface area contributed by atoms with Crippen molar-refractivity contribution in [1.82, 2.24) is 5.32 Å². The highest BCUT2D eigenvalue weighted by molar-refractivity contribution is 8.76. The summed E-state index contributed by atoms with van der Waals surface area (Å²) in [6.07, 6.45) is 8.13. The molecule has 0 rings (SSSR count). The lowest BCUT2D eigenvalue weighted by atomic mass is 10.2. The van der Waals surface area contributed by atoms with Gasteiger partial charge in [-0.15, -0.1) is 0 Å². The minimum atomic E-state index is -0.456. The van der Waals surface area contributed by atoms with E-state index >= 15 is 0 Å². The zero-order valence-corrected chi connectivity index (χ0v) is 16.3. The van der Waals surface area contributed by atoms with Gasteiger partial charge in [-0.3, -0.25) is 4.79 Å². The number of rotatable bonds is 15. The molecule has 0 atom stereocenters. The van der Waals surface area contributed by atoms with Gasteiger partial charge in [-0.1, -0.05) is 61.1 Å². The first kappa shape index (κ1) is 24.8. The predicted octanol–water partition coefficient (Wildman–Crippen LogP) is 2.93. The SMILES string of the molecule is CCCCC(N)=O.CCCCCCNCCSSCCC(=N)[O-]. The minimum absolute atomic E-state index is 0.193. The first-order valence-corrected chi connectivity index (χ1v) is 11.0. The van der Waals surface area contributed by atoms with Gasteiger partial charge in [0, 0.05) is 24.5 Å². The van der Waals surface area contributed by atoms with Crippen molar-refractivity contribution in [1.29, 1.82) is 5.41 Å². The molecule has 0 aliphatic carbocycles. The highest BCUT2D eigenvalue weighted by atomic mass is 33.1. The summed E-state index contributed by atoms with van der Waals surface area (Å²) in [5.74, 6) is 1.19. The minimum Gasteiger partial charge on any atom is -0.862 e. The van der Waals surface area contributed by atoms with Crippen molar-refractivity contribution in [3.05, 3.63) is 0 Å². The molecule has 0 unspecified atom stereocenters. The van der Waals surface area contributed by atoms with Crippen LogP contribution in [0, 0.1) is 5.41 Å². The lowest BCUT2D eigenvalue weighted by Crippen LogP contribution is -2.18. The van der Waals surface area contributed by atoms with Gasteiger partial charge >= 0.3 is 0 Å². The predicted molar refractivity (Wildman–Crippen MR) is 103 cm³/mol. The van der Waals surface area contributed by atoms with Crippen molar-refractivity contribution < 1.29 is 9.90 Å². The fourth-order valence-corrected chi connectivity index (χ4v) is 3.46. The van der Waals surface area contributed by atoms with Crippen LogP contribution in [-0.4, -0.2) is 36.4 Å². The molecule has 0 bridgehead atoms. The maximum absolute atomic E-state index is 10.3. The maximum Gasteiger partial charge on any atom is 0.217 e. The average Bonchev–Trinajstić information content (AvgIpc) is 2.51. The Kier molecular flexibility index (Phi) is 23.3. The molecule has 0 aromatic heterocycles. The molecule has 0 aliphatic rings. The number of nitrogens with two attached hydrogens (primary N) is 1. The quantitative estimate of drug-likeness (QED) is 0.179. The van der Waals surface area contributed by atoms with Crippen molar-refractivity contribution >= 4 is 33.4 Å². The van der Waals surface area contributed by atoms with Gasteiger partial charge in [0.05, 0.1) is 0 Å². The zero-order valence-electron chi connectivity index (χ0n) is 14.7. The van der Waals surface area contributed by atoms with Gasteiger partial charge in [-0.05, 0) is 31.7 Å². The van der Waals surface area contributed by atoms with E-state index in [-0.39, 0.29) is 5.91 Å². The second-order valence-corrected chi connectivity index (χ2v) is 7.90. The van der Waals surface area contributed by atoms with E-state index in [1.165, 1.54) is 25.7 Å². The summed E-state index contributed by atoms with van der Waals surface area (Å²) in [7, 11) is 3.47. The van der Waals surface area contributed by atoms with Crippen molar-refractivity contribution in [2.75, 3.05) is 24.6 Å². The third-order valence-electron chi connectivity index (χ3n) is 2.84. The fourth-order valence-electron chi connectivity index (χ4n) is 1.52. The number of amides is 1. The van der Waals surface area contributed by atoms with E-state index in [0.29, 0.717) is 12.8 Å². The molecule has 0 aromatic carbocycles. The van der Waals surface area contributed by atoms with E-state index in [1.54, 1.807) is 21.6 Å². The number of unbranched alkanes of at least 4 members (excludes halogenated alkanes) is 4. The monoisotopic (exact) mass is 364 g/mol. The number of carbonyl (C=O) groups is 1. The Labute approximate surface area is 149 Å². The Morgan fingerprint density at radius 3 is 2.17 bits per heavy atom. The normalized spacial score (nSPS) is 10.0. The summed E-state index contributed by atoms with van der Waals surface area (Å²) in [5.41, 5.74) is 4.84. The lowest BCUT2D eigenvalue weighted by molar-refractivity contribution is -0.219. The Balaban J connectivity index is 0. The van der Waals surface area contributed by atoms with Crippen LogP contribution in [0.5, 0.6) is 0 Å². The standard InChI is InChI=1S/C11H24N2OS2.C5H11NO/c1-2-3-4-5-7-13-8-10-16-15-9-6-11(12)14;1-2-3-4-5(6)7/h13H,2-10H2,1H3,(H2,12,14);2-4H2,1H3,(H2,6,7)/p-1. The van der Waals surface area contributed by atoms with E-state index in [2.05, 4.69) is 12.2 Å². The van der Waals surface area contributed by atoms with Crippen LogP contribution >= 0.6 is 21.6 Å². The molecule has 0 radical (unpaired) electrons. The molecule has 0 heterocycles. The Bertz CT molecular complexity index is 280. The molecule has 23 heavy (non-hydrogen) atoms. The third-order valence-corrected chi connectivity index (χ3v) is 5.25. The van der Waals surface area contributed by atoms with E-state index in [0.717, 1.165) is 37.4 Å². The molecule has 0 aliphatic heterocycles. The molecule has 0 saturated heterocycles. The molecule has 0 spiro atoms. The van der Waals surface area contributed by atoms with Gasteiger partial charge in [-0.2, -0.15) is 0 Å². The van der Waals surface area contributed by atoms with Crippen molar-refractivity contribution in [2.45, 2.75) is 65.2 Å². The first-order chi connectivity index (χ1) is 11.0. The van der Waals surface area contributed by atoms with Gasteiger partial charge in [0.1, 0.15) is 0 Å². The topological polar surface area (TPSA) is 102 Å². The van der Waals surface area contributed by atoms with Crippen molar-refractivity contribution in [3.63, 3.8) is 0 Å². The Hall–Kier alpha value is -0.400. The van der Waals surface area contributed by atoms with E-state index < -0.39 is 5.90 Å². The molecular formula is C16H34N3O2S2-. The summed E-state index contributed by atoms with van der Waals surface area (Å²) in [4.78, 5) is 9.98. The van der Waals surface area contributed by atoms with Crippen molar-refractivity contribution in [3.8, 4) is 0 Å². The van der Waals surface area contributed by atoms with Crippen LogP contribution in [0.15, 0.2) is 0 Å². The summed E-state index contributed by atoms with van der Waals surface area (Å²) in [5, 5.41) is 20.5. The third kappa shape index (κ3) is 30.1. The Morgan fingerprint density at radius 1 is 1.00 bits per heavy atom. The largest absolute Gasteiger partial charge is 0.862 e. The lowest BCUT2D eigenvalue weighted by Gasteiger charge is -2.06. The maximum atomic E-state index is 10.3. The average molecular weight is 365 g/mol. The number of nitrogens with one attached hydrogen (secondary N) is 2. The molecular weight excluding hydrogens is 330 g/mol. The summed E-state index contributed by atoms with van der Waals surface area (Å²) < 4.78 is 0. The second-order valence-electron chi connectivity index (χ2n) is 5.20. The highest BCUT2D eigenvalue weighted by Gasteiger charge is 1.92. The van der Waals surface area contributed by atoms with Crippen LogP contribution < -0.4 is 16.2 Å². The molecule has 1 amide bonds. The van der Waals surface area contributed by atoms with E-state index in [9.17, 15) is 9.90 Å². The molecule has 0 fully saturated rings. The van der Waals surface area contributed by atoms with E-state index in [4.69, 9.17) is 11.1 Å². The summed E-state index contributed by atoms with van der Waals surface area (Å²) in [6, 6.07) is 0. The smallest absolute Gasteiger partial charge is 0.217 e. The van der Waals surface area contributed by atoms with Crippen LogP contribution in [0.4, 0.5) is 0 Å². The van der Waals surface area contributed by atoms with Crippen LogP contribution in [0.2, 0.25) is 0 Å².